The zero-order chi connectivity index (χ0) is 28.1. The molecule has 2 aromatic rings. The molecule has 4 aliphatic heterocycles. The lowest BCUT2D eigenvalue weighted by Crippen LogP contribution is -2.52. The number of rotatable bonds is 4. The monoisotopic (exact) mass is 661 g/mol. The number of phenolic OH excluding ortho intramolecular Hbond substituents is 1. The van der Waals surface area contributed by atoms with Crippen LogP contribution in [0.15, 0.2) is 12.1 Å². The lowest BCUT2D eigenvalue weighted by Gasteiger charge is -2.44. The molecule has 4 fully saturated rings. The molecule has 0 unspecified atom stereocenters. The molecule has 0 radical (unpaired) electrons. The predicted octanol–water partition coefficient (Wildman–Crippen LogP) is 5.50. The van der Waals surface area contributed by atoms with Crippen molar-refractivity contribution < 1.29 is 23.0 Å². The number of nitrogens with one attached hydrogen (secondary N) is 1. The molecule has 5 heterocycles. The van der Waals surface area contributed by atoms with Gasteiger partial charge in [0, 0.05) is 48.7 Å². The first-order valence-corrected chi connectivity index (χ1v) is 15.4. The summed E-state index contributed by atoms with van der Waals surface area (Å²) >= 11 is 6.42. The molecule has 13 heteroatoms. The third kappa shape index (κ3) is 4.68. The van der Waals surface area contributed by atoms with E-state index in [9.17, 15) is 9.50 Å². The van der Waals surface area contributed by atoms with Gasteiger partial charge >= 0.3 is 6.01 Å². The van der Waals surface area contributed by atoms with Crippen molar-refractivity contribution in [2.45, 2.75) is 92.9 Å². The van der Waals surface area contributed by atoms with Crippen LogP contribution < -0.4 is 15.0 Å². The van der Waals surface area contributed by atoms with Gasteiger partial charge in [-0.2, -0.15) is 18.7 Å². The van der Waals surface area contributed by atoms with Crippen LogP contribution in [-0.4, -0.2) is 76.6 Å². The van der Waals surface area contributed by atoms with Crippen LogP contribution in [-0.2, 0) is 24.2 Å². The number of hydrogen-bond acceptors (Lipinski definition) is 7. The maximum absolute atomic E-state index is 17.0. The van der Waals surface area contributed by atoms with Gasteiger partial charge in [0.15, 0.2) is 0 Å². The predicted molar refractivity (Wildman–Crippen MR) is 163 cm³/mol. The first-order chi connectivity index (χ1) is 19.7. The number of nitrogens with zero attached hydrogens (tertiary/aromatic N) is 4. The summed E-state index contributed by atoms with van der Waals surface area (Å²) in [6, 6.07) is 3.43. The number of alkyl halides is 3. The van der Waals surface area contributed by atoms with E-state index in [1.54, 1.807) is 0 Å². The minimum atomic E-state index is -3.33. The van der Waals surface area contributed by atoms with Gasteiger partial charge in [0.1, 0.15) is 30.0 Å². The van der Waals surface area contributed by atoms with Gasteiger partial charge < -0.3 is 20.1 Å². The molecule has 43 heavy (non-hydrogen) atoms. The van der Waals surface area contributed by atoms with E-state index in [2.05, 4.69) is 20.1 Å². The van der Waals surface area contributed by atoms with Crippen molar-refractivity contribution in [3.63, 3.8) is 0 Å². The Labute approximate surface area is 266 Å². The molecule has 2 aliphatic carbocycles. The zero-order valence-electron chi connectivity index (χ0n) is 23.8. The Morgan fingerprint density at radius 3 is 2.49 bits per heavy atom. The van der Waals surface area contributed by atoms with Crippen LogP contribution in [0.4, 0.5) is 19.0 Å². The van der Waals surface area contributed by atoms with Crippen LogP contribution >= 0.6 is 36.4 Å². The normalized spacial score (nSPS) is 33.5. The third-order valence-electron chi connectivity index (χ3n) is 10.9. The molecule has 2 N–H and O–H groups in total. The van der Waals surface area contributed by atoms with Crippen LogP contribution in [0.1, 0.15) is 67.3 Å². The number of fused-ring (bicyclic) bond motifs is 6. The van der Waals surface area contributed by atoms with Crippen molar-refractivity contribution in [1.82, 2.24) is 20.2 Å². The molecule has 0 saturated carbocycles. The highest BCUT2D eigenvalue weighted by Crippen LogP contribution is 2.61. The Bertz CT molecular complexity index is 1410. The van der Waals surface area contributed by atoms with E-state index in [0.29, 0.717) is 78.5 Å². The number of piperazine rings is 1. The zero-order valence-corrected chi connectivity index (χ0v) is 26.1. The molecule has 6 aliphatic rings. The van der Waals surface area contributed by atoms with Gasteiger partial charge in [-0.05, 0) is 81.2 Å². The Kier molecular flexibility index (Phi) is 7.98. The molecule has 5 atom stereocenters. The van der Waals surface area contributed by atoms with E-state index in [0.717, 1.165) is 32.2 Å². The Morgan fingerprint density at radius 2 is 1.74 bits per heavy atom. The number of phenols is 1. The number of halogens is 6. The van der Waals surface area contributed by atoms with Crippen molar-refractivity contribution in [1.29, 1.82) is 0 Å². The van der Waals surface area contributed by atoms with E-state index in [4.69, 9.17) is 21.3 Å². The van der Waals surface area contributed by atoms with Crippen LogP contribution in [0.3, 0.4) is 0 Å². The summed E-state index contributed by atoms with van der Waals surface area (Å²) in [7, 11) is 0. The number of aromatic hydroxyl groups is 1. The Balaban J connectivity index is 0.00000165. The second kappa shape index (κ2) is 11.0. The van der Waals surface area contributed by atoms with Crippen LogP contribution in [0.5, 0.6) is 11.8 Å². The maximum Gasteiger partial charge on any atom is 0.318 e. The summed E-state index contributed by atoms with van der Waals surface area (Å²) in [5.41, 5.74) is -0.649. The lowest BCUT2D eigenvalue weighted by atomic mass is 9.66. The van der Waals surface area contributed by atoms with Gasteiger partial charge in [0.25, 0.3) is 5.92 Å². The molecule has 0 amide bonds. The van der Waals surface area contributed by atoms with Gasteiger partial charge in [0.05, 0.1) is 11.0 Å². The topological polar surface area (TPSA) is 73.8 Å². The summed E-state index contributed by atoms with van der Waals surface area (Å²) in [6.07, 6.45) is 4.61. The average molecular weight is 663 g/mol. The third-order valence-corrected chi connectivity index (χ3v) is 11.2. The highest BCUT2D eigenvalue weighted by atomic mass is 35.5. The van der Waals surface area contributed by atoms with E-state index >= 15 is 8.78 Å². The van der Waals surface area contributed by atoms with Gasteiger partial charge in [-0.25, -0.2) is 4.39 Å². The second-order valence-corrected chi connectivity index (χ2v) is 13.6. The molecular formula is C30H37Cl3F3N5O2. The van der Waals surface area contributed by atoms with Crippen molar-refractivity contribution in [2.75, 3.05) is 37.7 Å². The molecule has 1 aromatic heterocycles. The molecule has 2 bridgehead atoms. The first-order valence-electron chi connectivity index (χ1n) is 15.0. The largest absolute Gasteiger partial charge is 0.508 e. The Hall–Kier alpha value is -1.72. The standard InChI is InChI=1S/C30H35ClF3N5O2.2ClH/c31-24-11-20(40)10-23-21(24)4-7-29(23)8-5-22-25(30(29,33)34)36-27(37-26(22)38-14-18-2-3-19(15-38)35-18)41-16-28-6-1-9-39(28)13-17(32)12-28;;/h10-11,17-19,35,40H,1-9,12-16H2;2*1H/t17-,18-,19+,28+,29-;;/m1../s1. The van der Waals surface area contributed by atoms with Gasteiger partial charge in [0.2, 0.25) is 0 Å². The summed E-state index contributed by atoms with van der Waals surface area (Å²) in [6.45, 7) is 2.78. The SMILES string of the molecule is Cl.Cl.Oc1cc(Cl)c2c(c1)[C@@]1(CC2)CCc2c(N3C[C@H]4CC[C@@H](C3)N4)nc(OC[C@@]34CCCN3C[C@H](F)C4)nc2C1(F)F. The quantitative estimate of drug-likeness (QED) is 0.448. The van der Waals surface area contributed by atoms with Crippen molar-refractivity contribution >= 4 is 42.2 Å². The van der Waals surface area contributed by atoms with E-state index < -0.39 is 23.0 Å². The summed E-state index contributed by atoms with van der Waals surface area (Å²) in [5.74, 6) is -2.90. The van der Waals surface area contributed by atoms with Gasteiger partial charge in [-0.1, -0.05) is 11.6 Å². The molecule has 1 spiro atoms. The van der Waals surface area contributed by atoms with Crippen LogP contribution in [0.25, 0.3) is 0 Å². The van der Waals surface area contributed by atoms with Crippen LogP contribution in [0.2, 0.25) is 5.02 Å². The highest BCUT2D eigenvalue weighted by Gasteiger charge is 2.63. The van der Waals surface area contributed by atoms with Crippen LogP contribution in [0, 0.1) is 0 Å². The minimum Gasteiger partial charge on any atom is -0.508 e. The van der Waals surface area contributed by atoms with Crippen molar-refractivity contribution in [3.8, 4) is 11.8 Å². The fourth-order valence-corrected chi connectivity index (χ4v) is 9.28. The highest BCUT2D eigenvalue weighted by molar-refractivity contribution is 6.31. The molecule has 8 rings (SSSR count). The fraction of sp³-hybridized carbons (Fsp3) is 0.667. The number of hydrogen-bond donors (Lipinski definition) is 2. The molecule has 4 saturated heterocycles. The fourth-order valence-electron chi connectivity index (χ4n) is 8.97. The first kappa shape index (κ1) is 31.3. The second-order valence-electron chi connectivity index (χ2n) is 13.2. The van der Waals surface area contributed by atoms with E-state index in [1.165, 1.54) is 12.1 Å². The number of ether oxygens (including phenoxy) is 1. The summed E-state index contributed by atoms with van der Waals surface area (Å²) < 4.78 is 54.7. The molecule has 236 valence electrons. The number of benzene rings is 1. The lowest BCUT2D eigenvalue weighted by molar-refractivity contribution is -0.102. The smallest absolute Gasteiger partial charge is 0.318 e. The van der Waals surface area contributed by atoms with Gasteiger partial charge in [-0.3, -0.25) is 4.90 Å². The summed E-state index contributed by atoms with van der Waals surface area (Å²) in [4.78, 5) is 13.6. The number of anilines is 1. The van der Waals surface area contributed by atoms with E-state index in [1.807, 2.05) is 0 Å². The van der Waals surface area contributed by atoms with Gasteiger partial charge in [-0.15, -0.1) is 24.8 Å². The molecule has 7 nitrogen and oxygen atoms in total. The Morgan fingerprint density at radius 1 is 1.02 bits per heavy atom. The van der Waals surface area contributed by atoms with E-state index in [-0.39, 0.29) is 61.7 Å². The minimum absolute atomic E-state index is 0. The number of aromatic nitrogens is 2. The molecule has 1 aromatic carbocycles. The average Bonchev–Trinajstić information content (AvgIpc) is 3.67. The molecular weight excluding hydrogens is 626 g/mol. The summed E-state index contributed by atoms with van der Waals surface area (Å²) in [5, 5.41) is 14.3. The maximum atomic E-state index is 17.0. The van der Waals surface area contributed by atoms with Crippen molar-refractivity contribution in [3.05, 3.63) is 39.5 Å². The van der Waals surface area contributed by atoms with Crippen molar-refractivity contribution in [2.24, 2.45) is 0 Å².